The Kier molecular flexibility index (Phi) is 9.01. The number of likely N-dealkylation sites (N-methyl/N-ethyl adjacent to an activating group) is 1. The molecule has 1 amide bonds. The second kappa shape index (κ2) is 13.1. The summed E-state index contributed by atoms with van der Waals surface area (Å²) in [5, 5.41) is 13.7. The van der Waals surface area contributed by atoms with Gasteiger partial charge in [0.05, 0.1) is 6.04 Å². The number of amides is 1. The molecule has 2 unspecified atom stereocenters. The number of piperazine rings is 1. The molecule has 2 aromatic carbocycles. The number of aliphatic imine (C=N–C) groups is 1. The number of likely N-dealkylation sites (tertiary alicyclic amines) is 1. The number of benzene rings is 2. The fourth-order valence-corrected chi connectivity index (χ4v) is 7.55. The van der Waals surface area contributed by atoms with Gasteiger partial charge in [-0.15, -0.1) is 0 Å². The molecule has 0 bridgehead atoms. The van der Waals surface area contributed by atoms with E-state index in [1.54, 1.807) is 4.90 Å². The molecular formula is C35H34Cl2N6O2. The summed E-state index contributed by atoms with van der Waals surface area (Å²) in [6.07, 6.45) is 7.44. The van der Waals surface area contributed by atoms with E-state index in [1.807, 2.05) is 42.5 Å². The number of allylic oxidation sites excluding steroid dienone is 2. The standard InChI is InChI=1S/C35H34Cl2N6O2/c1-4-32(44)43-15-14-42(20-24(43)19-39-2)34-27-16-30(37)26(25-11-5-8-22-9-6-12-29(36)33(22)25)17-31(27)40-35(28(34)18-38)45-21-23-10-7-13-41(23)3/h4-6,8-9,11-12,16-17,23-24,27,31H,1,7,10,13-15,19-21H2,3H3/t23-,24-,27?,31?/m0/s1. The van der Waals surface area contributed by atoms with E-state index in [0.29, 0.717) is 47.8 Å². The van der Waals surface area contributed by atoms with Gasteiger partial charge in [-0.2, -0.15) is 5.26 Å². The first kappa shape index (κ1) is 30.9. The number of fused-ring (bicyclic) bond motifs is 2. The first-order valence-corrected chi connectivity index (χ1v) is 15.9. The molecule has 1 aliphatic carbocycles. The van der Waals surface area contributed by atoms with Crippen LogP contribution in [0.1, 0.15) is 18.4 Å². The number of hydrogen-bond donors (Lipinski definition) is 0. The van der Waals surface area contributed by atoms with Crippen molar-refractivity contribution in [2.24, 2.45) is 10.9 Å². The van der Waals surface area contributed by atoms with E-state index < -0.39 is 6.04 Å². The van der Waals surface area contributed by atoms with Gasteiger partial charge in [0.25, 0.3) is 0 Å². The fraction of sp³-hybridized carbons (Fsp3) is 0.371. The van der Waals surface area contributed by atoms with Crippen LogP contribution in [0.5, 0.6) is 0 Å². The van der Waals surface area contributed by atoms with Crippen LogP contribution >= 0.6 is 23.2 Å². The lowest BCUT2D eigenvalue weighted by Crippen LogP contribution is -2.57. The molecule has 0 spiro atoms. The topological polar surface area (TPSA) is 76.5 Å². The summed E-state index contributed by atoms with van der Waals surface area (Å²) in [5.41, 5.74) is 2.86. The number of carbonyl (C=O) groups is 1. The van der Waals surface area contributed by atoms with Crippen molar-refractivity contribution in [3.05, 3.63) is 99.5 Å². The van der Waals surface area contributed by atoms with E-state index >= 15 is 0 Å². The smallest absolute Gasteiger partial charge is 0.246 e. The van der Waals surface area contributed by atoms with Gasteiger partial charge >= 0.3 is 0 Å². The second-order valence-electron chi connectivity index (χ2n) is 11.8. The summed E-state index contributed by atoms with van der Waals surface area (Å²) in [6, 6.07) is 13.8. The molecule has 3 heterocycles. The highest BCUT2D eigenvalue weighted by Gasteiger charge is 2.42. The Labute approximate surface area is 274 Å². The summed E-state index contributed by atoms with van der Waals surface area (Å²) in [4.78, 5) is 27.4. The number of nitrogens with zero attached hydrogens (tertiary/aromatic N) is 6. The van der Waals surface area contributed by atoms with Gasteiger partial charge < -0.3 is 24.3 Å². The Morgan fingerprint density at radius 3 is 2.71 bits per heavy atom. The average molecular weight is 642 g/mol. The van der Waals surface area contributed by atoms with Crippen LogP contribution in [0, 0.1) is 23.8 Å². The van der Waals surface area contributed by atoms with Crippen molar-refractivity contribution < 1.29 is 9.53 Å². The first-order valence-electron chi connectivity index (χ1n) is 15.2. The molecule has 4 aliphatic rings. The van der Waals surface area contributed by atoms with Crippen LogP contribution in [-0.2, 0) is 9.53 Å². The third kappa shape index (κ3) is 5.87. The SMILES string of the molecule is [C-]#[N+]C[C@H]1CN(C2=C(C#N)C(OC[C@@H]3CCCN3C)=NC3C=C(c4cccc5cccc(Cl)c45)C(Cl)=CC23)CCN1C(=O)C=C. The number of carbonyl (C=O) groups excluding carboxylic acids is 1. The van der Waals surface area contributed by atoms with Crippen molar-refractivity contribution in [1.29, 1.82) is 5.26 Å². The van der Waals surface area contributed by atoms with Gasteiger partial charge in [0.1, 0.15) is 24.3 Å². The number of nitriles is 1. The Bertz CT molecular complexity index is 1740. The highest BCUT2D eigenvalue weighted by atomic mass is 35.5. The lowest BCUT2D eigenvalue weighted by molar-refractivity contribution is -0.130. The van der Waals surface area contributed by atoms with Crippen LogP contribution in [-0.4, -0.2) is 91.0 Å². The molecule has 8 nitrogen and oxygen atoms in total. The van der Waals surface area contributed by atoms with Crippen LogP contribution in [0.15, 0.2) is 82.5 Å². The van der Waals surface area contributed by atoms with E-state index in [0.717, 1.165) is 47.0 Å². The Morgan fingerprint density at radius 1 is 1.20 bits per heavy atom. The fourth-order valence-electron chi connectivity index (χ4n) is 6.96. The zero-order valence-electron chi connectivity index (χ0n) is 25.1. The van der Waals surface area contributed by atoms with Crippen molar-refractivity contribution in [3.8, 4) is 6.07 Å². The van der Waals surface area contributed by atoms with Gasteiger partial charge in [-0.1, -0.05) is 66.2 Å². The molecule has 0 aromatic heterocycles. The van der Waals surface area contributed by atoms with E-state index in [-0.39, 0.29) is 30.5 Å². The van der Waals surface area contributed by atoms with Crippen molar-refractivity contribution in [3.63, 3.8) is 0 Å². The van der Waals surface area contributed by atoms with Gasteiger partial charge in [-0.25, -0.2) is 11.6 Å². The van der Waals surface area contributed by atoms with E-state index in [2.05, 4.69) is 40.4 Å². The van der Waals surface area contributed by atoms with Crippen LogP contribution < -0.4 is 0 Å². The van der Waals surface area contributed by atoms with Crippen LogP contribution in [0.3, 0.4) is 0 Å². The maximum absolute atomic E-state index is 12.6. The first-order chi connectivity index (χ1) is 21.8. The zero-order chi connectivity index (χ0) is 31.7. The summed E-state index contributed by atoms with van der Waals surface area (Å²) >= 11 is 13.8. The second-order valence-corrected chi connectivity index (χ2v) is 12.6. The number of halogens is 2. The van der Waals surface area contributed by atoms with Crippen molar-refractivity contribution in [2.75, 3.05) is 46.4 Å². The van der Waals surface area contributed by atoms with Crippen molar-refractivity contribution in [2.45, 2.75) is 31.0 Å². The predicted molar refractivity (Wildman–Crippen MR) is 179 cm³/mol. The van der Waals surface area contributed by atoms with Crippen LogP contribution in [0.25, 0.3) is 21.2 Å². The molecule has 0 saturated carbocycles. The minimum atomic E-state index is -0.393. The van der Waals surface area contributed by atoms with Crippen LogP contribution in [0.2, 0.25) is 5.02 Å². The molecule has 10 heteroatoms. The molecule has 2 fully saturated rings. The minimum Gasteiger partial charge on any atom is -0.475 e. The maximum atomic E-state index is 12.6. The van der Waals surface area contributed by atoms with Gasteiger partial charge in [-0.05, 0) is 61.2 Å². The van der Waals surface area contributed by atoms with E-state index in [9.17, 15) is 10.1 Å². The number of ether oxygens (including phenoxy) is 1. The van der Waals surface area contributed by atoms with Gasteiger partial charge in [-0.3, -0.25) is 4.79 Å². The molecule has 0 N–H and O–H groups in total. The van der Waals surface area contributed by atoms with Crippen LogP contribution in [0.4, 0.5) is 0 Å². The third-order valence-electron chi connectivity index (χ3n) is 9.26. The Hall–Kier alpha value is -4.08. The number of hydrogen-bond acceptors (Lipinski definition) is 6. The molecule has 45 heavy (non-hydrogen) atoms. The van der Waals surface area contributed by atoms with E-state index in [4.69, 9.17) is 39.5 Å². The lowest BCUT2D eigenvalue weighted by atomic mass is 9.82. The van der Waals surface area contributed by atoms with E-state index in [1.165, 1.54) is 6.08 Å². The zero-order valence-corrected chi connectivity index (χ0v) is 26.6. The summed E-state index contributed by atoms with van der Waals surface area (Å²) < 4.78 is 6.39. The van der Waals surface area contributed by atoms with Crippen molar-refractivity contribution in [1.82, 2.24) is 14.7 Å². The molecule has 2 aromatic rings. The quantitative estimate of drug-likeness (QED) is 0.290. The molecule has 3 aliphatic heterocycles. The normalized spacial score (nSPS) is 25.1. The molecule has 2 saturated heterocycles. The number of dihydropyridines is 1. The highest BCUT2D eigenvalue weighted by Crippen LogP contribution is 2.44. The minimum absolute atomic E-state index is 0.146. The molecule has 6 rings (SSSR count). The van der Waals surface area contributed by atoms with Crippen molar-refractivity contribution >= 4 is 51.4 Å². The Morgan fingerprint density at radius 2 is 2.00 bits per heavy atom. The third-order valence-corrected chi connectivity index (χ3v) is 9.91. The maximum Gasteiger partial charge on any atom is 0.246 e. The summed E-state index contributed by atoms with van der Waals surface area (Å²) in [7, 11) is 2.09. The lowest BCUT2D eigenvalue weighted by Gasteiger charge is -2.44. The van der Waals surface area contributed by atoms with Gasteiger partial charge in [0.15, 0.2) is 0 Å². The molecule has 4 atom stereocenters. The highest BCUT2D eigenvalue weighted by molar-refractivity contribution is 6.39. The average Bonchev–Trinajstić information content (AvgIpc) is 3.46. The summed E-state index contributed by atoms with van der Waals surface area (Å²) in [5.74, 6) is -0.219. The monoisotopic (exact) mass is 640 g/mol. The largest absolute Gasteiger partial charge is 0.475 e. The Balaban J connectivity index is 1.42. The van der Waals surface area contributed by atoms with Gasteiger partial charge in [0, 0.05) is 52.7 Å². The predicted octanol–water partition coefficient (Wildman–Crippen LogP) is 5.92. The molecule has 0 radical (unpaired) electrons. The molecule has 230 valence electrons. The molecular weight excluding hydrogens is 607 g/mol. The summed E-state index contributed by atoms with van der Waals surface area (Å²) in [6.45, 7) is 14.0. The number of rotatable bonds is 6. The van der Waals surface area contributed by atoms with Gasteiger partial charge in [0.2, 0.25) is 18.3 Å².